The monoisotopic (exact) mass is 345 g/mol. The number of hydrazone groups is 1. The maximum absolute atomic E-state index is 12.8. The second kappa shape index (κ2) is 6.45. The molecule has 122 valence electrons. The first-order valence-corrected chi connectivity index (χ1v) is 8.78. The van der Waals surface area contributed by atoms with E-state index in [9.17, 15) is 4.79 Å². The van der Waals surface area contributed by atoms with E-state index in [1.54, 1.807) is 0 Å². The van der Waals surface area contributed by atoms with E-state index in [1.807, 2.05) is 79.0 Å². The lowest BCUT2D eigenvalue weighted by molar-refractivity contribution is -0.114. The minimum absolute atomic E-state index is 0.143. The lowest BCUT2D eigenvalue weighted by Crippen LogP contribution is -2.21. The van der Waals surface area contributed by atoms with Gasteiger partial charge in [0, 0.05) is 10.9 Å². The highest BCUT2D eigenvalue weighted by Crippen LogP contribution is 2.31. The molecule has 2 heterocycles. The molecule has 0 spiro atoms. The van der Waals surface area contributed by atoms with Gasteiger partial charge in [-0.05, 0) is 18.6 Å². The van der Waals surface area contributed by atoms with E-state index in [4.69, 9.17) is 0 Å². The number of aromatic nitrogens is 1. The number of carbonyl (C=O) groups is 1. The first-order chi connectivity index (χ1) is 12.2. The maximum atomic E-state index is 12.8. The molecule has 0 atom stereocenters. The predicted molar refractivity (Wildman–Crippen MR) is 103 cm³/mol. The quantitative estimate of drug-likeness (QED) is 0.650. The predicted octanol–water partition coefficient (Wildman–Crippen LogP) is 4.62. The Morgan fingerprint density at radius 3 is 2.40 bits per heavy atom. The molecule has 0 fully saturated rings. The summed E-state index contributed by atoms with van der Waals surface area (Å²) in [5, 5.41) is 8.32. The van der Waals surface area contributed by atoms with E-state index in [1.165, 1.54) is 16.3 Å². The van der Waals surface area contributed by atoms with E-state index < -0.39 is 0 Å². The van der Waals surface area contributed by atoms with Gasteiger partial charge in [-0.1, -0.05) is 60.7 Å². The van der Waals surface area contributed by atoms with Crippen LogP contribution in [0.1, 0.15) is 12.5 Å². The van der Waals surface area contributed by atoms with Crippen LogP contribution in [0.3, 0.4) is 0 Å². The summed E-state index contributed by atoms with van der Waals surface area (Å²) in [6.45, 7) is 1.85. The molecule has 0 bridgehead atoms. The summed E-state index contributed by atoms with van der Waals surface area (Å²) in [5.41, 5.74) is 4.15. The first kappa shape index (κ1) is 15.5. The van der Waals surface area contributed by atoms with Crippen molar-refractivity contribution in [3.8, 4) is 11.3 Å². The summed E-state index contributed by atoms with van der Waals surface area (Å²) >= 11 is 1.42. The van der Waals surface area contributed by atoms with Crippen LogP contribution in [0.2, 0.25) is 0 Å². The van der Waals surface area contributed by atoms with Crippen molar-refractivity contribution in [2.24, 2.45) is 5.10 Å². The average Bonchev–Trinajstić information content (AvgIpc) is 3.24. The largest absolute Gasteiger partial charge is 0.282 e. The number of anilines is 1. The van der Waals surface area contributed by atoms with Gasteiger partial charge in [0.2, 0.25) is 5.13 Å². The Bertz CT molecular complexity index is 974. The van der Waals surface area contributed by atoms with Gasteiger partial charge in [0.1, 0.15) is 0 Å². The van der Waals surface area contributed by atoms with E-state index >= 15 is 0 Å². The summed E-state index contributed by atoms with van der Waals surface area (Å²) in [6, 6.07) is 19.7. The van der Waals surface area contributed by atoms with Crippen LogP contribution in [0.5, 0.6) is 0 Å². The molecule has 1 amide bonds. The average molecular weight is 345 g/mol. The Hall–Kier alpha value is -3.05. The summed E-state index contributed by atoms with van der Waals surface area (Å²) in [4.78, 5) is 17.4. The molecule has 2 aromatic carbocycles. The number of hydrogen-bond acceptors (Lipinski definition) is 4. The molecule has 3 aromatic rings. The van der Waals surface area contributed by atoms with Crippen molar-refractivity contribution >= 4 is 34.2 Å². The van der Waals surface area contributed by atoms with Crippen molar-refractivity contribution in [1.29, 1.82) is 0 Å². The Kier molecular flexibility index (Phi) is 3.99. The fraction of sp³-hybridized carbons (Fsp3) is 0.0500. The highest BCUT2D eigenvalue weighted by atomic mass is 32.1. The summed E-state index contributed by atoms with van der Waals surface area (Å²) in [5.74, 6) is -0.143. The zero-order chi connectivity index (χ0) is 17.2. The SMILES string of the molecule is CC1=NN(c2nc(-c3ccccc3)cs2)C(=O)/C1=C/c1ccccc1. The second-order valence-corrected chi connectivity index (χ2v) is 6.49. The van der Waals surface area contributed by atoms with Gasteiger partial charge >= 0.3 is 0 Å². The zero-order valence-electron chi connectivity index (χ0n) is 13.6. The van der Waals surface area contributed by atoms with Crippen LogP contribution < -0.4 is 5.01 Å². The number of benzene rings is 2. The third kappa shape index (κ3) is 3.02. The number of rotatable bonds is 3. The molecule has 0 aliphatic carbocycles. The lowest BCUT2D eigenvalue weighted by Gasteiger charge is -2.06. The minimum Gasteiger partial charge on any atom is -0.267 e. The first-order valence-electron chi connectivity index (χ1n) is 7.90. The van der Waals surface area contributed by atoms with Crippen molar-refractivity contribution in [2.45, 2.75) is 6.92 Å². The van der Waals surface area contributed by atoms with Gasteiger partial charge in [-0.15, -0.1) is 11.3 Å². The highest BCUT2D eigenvalue weighted by molar-refractivity contribution is 7.14. The van der Waals surface area contributed by atoms with Gasteiger partial charge < -0.3 is 0 Å². The highest BCUT2D eigenvalue weighted by Gasteiger charge is 2.30. The van der Waals surface area contributed by atoms with Crippen LogP contribution in [-0.2, 0) is 4.79 Å². The Morgan fingerprint density at radius 2 is 1.68 bits per heavy atom. The smallest absolute Gasteiger partial charge is 0.267 e. The Balaban J connectivity index is 1.64. The van der Waals surface area contributed by atoms with Crippen LogP contribution in [0, 0.1) is 0 Å². The minimum atomic E-state index is -0.143. The van der Waals surface area contributed by atoms with Crippen LogP contribution >= 0.6 is 11.3 Å². The number of carbonyl (C=O) groups excluding carboxylic acids is 1. The fourth-order valence-electron chi connectivity index (χ4n) is 2.63. The summed E-state index contributed by atoms with van der Waals surface area (Å²) < 4.78 is 0. The molecule has 1 aliphatic heterocycles. The van der Waals surface area contributed by atoms with Gasteiger partial charge in [0.05, 0.1) is 17.0 Å². The third-order valence-electron chi connectivity index (χ3n) is 3.92. The number of nitrogens with zero attached hydrogens (tertiary/aromatic N) is 3. The molecule has 25 heavy (non-hydrogen) atoms. The molecule has 0 N–H and O–H groups in total. The number of hydrogen-bond donors (Lipinski definition) is 0. The fourth-order valence-corrected chi connectivity index (χ4v) is 3.41. The Morgan fingerprint density at radius 1 is 1.00 bits per heavy atom. The lowest BCUT2D eigenvalue weighted by atomic mass is 10.1. The zero-order valence-corrected chi connectivity index (χ0v) is 14.4. The second-order valence-electron chi connectivity index (χ2n) is 5.65. The molecule has 0 radical (unpaired) electrons. The molecular formula is C20H15N3OS. The van der Waals surface area contributed by atoms with Crippen molar-refractivity contribution in [3.63, 3.8) is 0 Å². The topological polar surface area (TPSA) is 45.6 Å². The van der Waals surface area contributed by atoms with Gasteiger partial charge in [-0.2, -0.15) is 10.1 Å². The van der Waals surface area contributed by atoms with Crippen LogP contribution in [0.15, 0.2) is 76.7 Å². The molecule has 0 unspecified atom stereocenters. The standard InChI is InChI=1S/C20H15N3OS/c1-14-17(12-15-8-4-2-5-9-15)19(24)23(22-14)20-21-18(13-25-20)16-10-6-3-7-11-16/h2-13H,1H3/b17-12+. The van der Waals surface area contributed by atoms with E-state index in [0.717, 1.165) is 16.8 Å². The molecule has 4 nitrogen and oxygen atoms in total. The number of thiazole rings is 1. The molecule has 0 saturated carbocycles. The normalized spacial score (nSPS) is 15.7. The molecule has 1 aliphatic rings. The third-order valence-corrected chi connectivity index (χ3v) is 4.73. The van der Waals surface area contributed by atoms with Crippen molar-refractivity contribution in [3.05, 3.63) is 77.2 Å². The van der Waals surface area contributed by atoms with Crippen molar-refractivity contribution in [2.75, 3.05) is 5.01 Å². The van der Waals surface area contributed by atoms with Crippen LogP contribution in [0.25, 0.3) is 17.3 Å². The molecular weight excluding hydrogens is 330 g/mol. The van der Waals surface area contributed by atoms with Crippen LogP contribution in [0.4, 0.5) is 5.13 Å². The molecule has 0 saturated heterocycles. The summed E-state index contributed by atoms with van der Waals surface area (Å²) in [7, 11) is 0. The van der Waals surface area contributed by atoms with Crippen molar-refractivity contribution in [1.82, 2.24) is 4.98 Å². The Labute approximate surface area is 149 Å². The molecule has 5 heteroatoms. The number of amides is 1. The molecule has 4 rings (SSSR count). The van der Waals surface area contributed by atoms with Gasteiger partial charge in [0.25, 0.3) is 5.91 Å². The maximum Gasteiger partial charge on any atom is 0.282 e. The van der Waals surface area contributed by atoms with E-state index in [-0.39, 0.29) is 5.91 Å². The summed E-state index contributed by atoms with van der Waals surface area (Å²) in [6.07, 6.45) is 1.87. The van der Waals surface area contributed by atoms with Gasteiger partial charge in [0.15, 0.2) is 0 Å². The van der Waals surface area contributed by atoms with Crippen molar-refractivity contribution < 1.29 is 4.79 Å². The van der Waals surface area contributed by atoms with Gasteiger partial charge in [-0.3, -0.25) is 4.79 Å². The van der Waals surface area contributed by atoms with Gasteiger partial charge in [-0.25, -0.2) is 4.98 Å². The van der Waals surface area contributed by atoms with E-state index in [0.29, 0.717) is 16.4 Å². The van der Waals surface area contributed by atoms with E-state index in [2.05, 4.69) is 10.1 Å². The van der Waals surface area contributed by atoms with Crippen LogP contribution in [-0.4, -0.2) is 16.6 Å². The molecule has 1 aromatic heterocycles.